The van der Waals surface area contributed by atoms with Gasteiger partial charge in [0.25, 0.3) is 0 Å². The summed E-state index contributed by atoms with van der Waals surface area (Å²) in [5.41, 5.74) is 0.522. The van der Waals surface area contributed by atoms with E-state index in [9.17, 15) is 22.4 Å². The predicted octanol–water partition coefficient (Wildman–Crippen LogP) is 2.63. The van der Waals surface area contributed by atoms with Gasteiger partial charge in [-0.05, 0) is 30.5 Å². The zero-order valence-electron chi connectivity index (χ0n) is 20.2. The fraction of sp³-hybridized carbons (Fsp3) is 0.417. The molecule has 10 heteroatoms. The molecule has 0 fully saturated rings. The van der Waals surface area contributed by atoms with Gasteiger partial charge in [0.1, 0.15) is 18.4 Å². The molecule has 0 radical (unpaired) electrons. The average molecular weight is 493 g/mol. The lowest BCUT2D eigenvalue weighted by Gasteiger charge is -2.33. The van der Waals surface area contributed by atoms with Crippen molar-refractivity contribution in [3.8, 4) is 0 Å². The van der Waals surface area contributed by atoms with Crippen LogP contribution >= 0.6 is 0 Å². The van der Waals surface area contributed by atoms with Crippen molar-refractivity contribution < 1.29 is 22.4 Å². The molecular formula is C24H33FN4O4S. The number of para-hydroxylation sites is 1. The quantitative estimate of drug-likeness (QED) is 0.522. The molecule has 0 heterocycles. The second-order valence-electron chi connectivity index (χ2n) is 8.57. The monoisotopic (exact) mass is 492 g/mol. The zero-order valence-corrected chi connectivity index (χ0v) is 21.0. The van der Waals surface area contributed by atoms with Crippen molar-refractivity contribution in [2.24, 2.45) is 5.92 Å². The molecule has 0 aliphatic rings. The summed E-state index contributed by atoms with van der Waals surface area (Å²) in [5, 5.41) is 2.81. The number of anilines is 1. The Morgan fingerprint density at radius 2 is 1.56 bits per heavy atom. The van der Waals surface area contributed by atoms with Crippen molar-refractivity contribution in [1.82, 2.24) is 14.5 Å². The van der Waals surface area contributed by atoms with Gasteiger partial charge in [-0.3, -0.25) is 9.59 Å². The van der Waals surface area contributed by atoms with Crippen LogP contribution in [0.5, 0.6) is 0 Å². The van der Waals surface area contributed by atoms with Crippen LogP contribution in [0.3, 0.4) is 0 Å². The van der Waals surface area contributed by atoms with Crippen LogP contribution in [0.25, 0.3) is 0 Å². The standard InChI is InChI=1S/C24H33FN4O4S/c1-18(2)15-26-24(31)19(3)28(16-20-11-7-6-8-12-20)23(30)17-29(34(32,33)27(4)5)22-14-10-9-13-21(22)25/h6-14,18-19H,15-17H2,1-5H3,(H,26,31)/t19-/m1/s1. The van der Waals surface area contributed by atoms with Gasteiger partial charge in [0, 0.05) is 27.2 Å². The molecule has 2 rings (SSSR count). The highest BCUT2D eigenvalue weighted by Crippen LogP contribution is 2.23. The van der Waals surface area contributed by atoms with E-state index >= 15 is 0 Å². The number of amides is 2. The van der Waals surface area contributed by atoms with Crippen LogP contribution in [0.15, 0.2) is 54.6 Å². The second kappa shape index (κ2) is 11.9. The van der Waals surface area contributed by atoms with E-state index in [1.165, 1.54) is 37.2 Å². The lowest BCUT2D eigenvalue weighted by Crippen LogP contribution is -2.52. The Balaban J connectivity index is 2.42. The molecule has 0 saturated carbocycles. The third kappa shape index (κ3) is 7.01. The number of nitrogens with zero attached hydrogens (tertiary/aromatic N) is 3. The van der Waals surface area contributed by atoms with Crippen LogP contribution in [0, 0.1) is 11.7 Å². The summed E-state index contributed by atoms with van der Waals surface area (Å²) in [5.74, 6) is -1.55. The van der Waals surface area contributed by atoms with Gasteiger partial charge < -0.3 is 10.2 Å². The highest BCUT2D eigenvalue weighted by Gasteiger charge is 2.33. The highest BCUT2D eigenvalue weighted by atomic mass is 32.2. The fourth-order valence-corrected chi connectivity index (χ4v) is 4.24. The Bertz CT molecular complexity index is 1080. The van der Waals surface area contributed by atoms with E-state index < -0.39 is 34.5 Å². The zero-order chi connectivity index (χ0) is 25.5. The van der Waals surface area contributed by atoms with Gasteiger partial charge in [-0.1, -0.05) is 56.3 Å². The molecule has 0 aromatic heterocycles. The maximum Gasteiger partial charge on any atom is 0.304 e. The van der Waals surface area contributed by atoms with Gasteiger partial charge in [0.15, 0.2) is 0 Å². The number of benzene rings is 2. The van der Waals surface area contributed by atoms with Crippen molar-refractivity contribution in [3.05, 3.63) is 66.0 Å². The van der Waals surface area contributed by atoms with Gasteiger partial charge in [0.2, 0.25) is 11.8 Å². The molecule has 0 aliphatic carbocycles. The van der Waals surface area contributed by atoms with Gasteiger partial charge in [-0.2, -0.15) is 12.7 Å². The molecule has 8 nitrogen and oxygen atoms in total. The largest absolute Gasteiger partial charge is 0.354 e. The summed E-state index contributed by atoms with van der Waals surface area (Å²) in [6.45, 7) is 5.35. The maximum atomic E-state index is 14.6. The summed E-state index contributed by atoms with van der Waals surface area (Å²) in [7, 11) is -1.60. The van der Waals surface area contributed by atoms with Gasteiger partial charge in [0.05, 0.1) is 5.69 Å². The highest BCUT2D eigenvalue weighted by molar-refractivity contribution is 7.90. The van der Waals surface area contributed by atoms with Crippen LogP contribution < -0.4 is 9.62 Å². The van der Waals surface area contributed by atoms with Gasteiger partial charge in [-0.15, -0.1) is 0 Å². The second-order valence-corrected chi connectivity index (χ2v) is 10.6. The first-order valence-corrected chi connectivity index (χ1v) is 12.4. The van der Waals surface area contributed by atoms with Crippen molar-refractivity contribution in [3.63, 3.8) is 0 Å². The van der Waals surface area contributed by atoms with E-state index in [1.807, 2.05) is 44.2 Å². The van der Waals surface area contributed by atoms with Gasteiger partial charge >= 0.3 is 10.2 Å². The molecule has 0 unspecified atom stereocenters. The van der Waals surface area contributed by atoms with Crippen molar-refractivity contribution in [2.75, 3.05) is 31.5 Å². The van der Waals surface area contributed by atoms with Crippen LogP contribution in [-0.2, 0) is 26.3 Å². The lowest BCUT2D eigenvalue weighted by atomic mass is 10.1. The molecule has 1 N–H and O–H groups in total. The Hall–Kier alpha value is -2.98. The Morgan fingerprint density at radius 1 is 0.971 bits per heavy atom. The summed E-state index contributed by atoms with van der Waals surface area (Å²) in [6.07, 6.45) is 0. The summed E-state index contributed by atoms with van der Waals surface area (Å²) >= 11 is 0. The van der Waals surface area contributed by atoms with Crippen LogP contribution in [0.4, 0.5) is 10.1 Å². The normalized spacial score (nSPS) is 12.5. The number of carbonyl (C=O) groups is 2. The molecule has 0 spiro atoms. The van der Waals surface area contributed by atoms with Crippen molar-refractivity contribution in [2.45, 2.75) is 33.4 Å². The summed E-state index contributed by atoms with van der Waals surface area (Å²) < 4.78 is 42.2. The Morgan fingerprint density at radius 3 is 2.12 bits per heavy atom. The van der Waals surface area contributed by atoms with Gasteiger partial charge in [-0.25, -0.2) is 8.70 Å². The van der Waals surface area contributed by atoms with E-state index in [2.05, 4.69) is 5.32 Å². The number of nitrogens with one attached hydrogen (secondary N) is 1. The molecule has 2 aromatic rings. The third-order valence-electron chi connectivity index (χ3n) is 5.19. The molecule has 0 aliphatic heterocycles. The molecule has 34 heavy (non-hydrogen) atoms. The van der Waals surface area contributed by atoms with Crippen molar-refractivity contribution >= 4 is 27.7 Å². The maximum absolute atomic E-state index is 14.6. The number of rotatable bonds is 11. The number of halogens is 1. The molecule has 186 valence electrons. The minimum atomic E-state index is -4.20. The van der Waals surface area contributed by atoms with E-state index in [4.69, 9.17) is 0 Å². The first-order chi connectivity index (χ1) is 15.9. The number of carbonyl (C=O) groups excluding carboxylic acids is 2. The molecule has 0 saturated heterocycles. The number of hydrogen-bond acceptors (Lipinski definition) is 4. The SMILES string of the molecule is CC(C)CNC(=O)[C@@H](C)N(Cc1ccccc1)C(=O)CN(c1ccccc1F)S(=O)(=O)N(C)C. The molecule has 0 bridgehead atoms. The summed E-state index contributed by atoms with van der Waals surface area (Å²) in [4.78, 5) is 27.6. The molecule has 2 amide bonds. The summed E-state index contributed by atoms with van der Waals surface area (Å²) in [6, 6.07) is 13.5. The minimum absolute atomic E-state index is 0.0864. The minimum Gasteiger partial charge on any atom is -0.354 e. The van der Waals surface area contributed by atoms with Crippen molar-refractivity contribution in [1.29, 1.82) is 0 Å². The number of hydrogen-bond donors (Lipinski definition) is 1. The first kappa shape index (κ1) is 27.3. The molecule has 2 aromatic carbocycles. The first-order valence-electron chi connectivity index (χ1n) is 11.0. The van der Waals surface area contributed by atoms with Crippen LogP contribution in [0.1, 0.15) is 26.3 Å². The van der Waals surface area contributed by atoms with E-state index in [-0.39, 0.29) is 24.1 Å². The van der Waals surface area contributed by atoms with Crippen LogP contribution in [-0.4, -0.2) is 62.7 Å². The fourth-order valence-electron chi connectivity index (χ4n) is 3.17. The Labute approximate surface area is 201 Å². The third-order valence-corrected chi connectivity index (χ3v) is 6.99. The van der Waals surface area contributed by atoms with E-state index in [0.717, 1.165) is 20.2 Å². The molecule has 1 atom stereocenters. The van der Waals surface area contributed by atoms with Crippen LogP contribution in [0.2, 0.25) is 0 Å². The van der Waals surface area contributed by atoms with E-state index in [0.29, 0.717) is 6.54 Å². The smallest absolute Gasteiger partial charge is 0.304 e. The topological polar surface area (TPSA) is 90.0 Å². The lowest BCUT2D eigenvalue weighted by molar-refractivity contribution is -0.139. The van der Waals surface area contributed by atoms with E-state index in [1.54, 1.807) is 6.92 Å². The Kier molecular flexibility index (Phi) is 9.57. The predicted molar refractivity (Wildman–Crippen MR) is 131 cm³/mol. The average Bonchev–Trinajstić information content (AvgIpc) is 2.79. The molecular weight excluding hydrogens is 459 g/mol.